The number of aromatic nitrogens is 2. The Bertz CT molecular complexity index is 1490. The number of carbonyl (C=O) groups is 1. The summed E-state index contributed by atoms with van der Waals surface area (Å²) in [5.74, 6) is 0.196. The number of amides is 1. The van der Waals surface area contributed by atoms with Crippen LogP contribution in [-0.2, 0) is 18.4 Å². The number of carbonyl (C=O) groups excluding carboxylic acids is 1. The van der Waals surface area contributed by atoms with Gasteiger partial charge in [-0.25, -0.2) is 0 Å². The van der Waals surface area contributed by atoms with Gasteiger partial charge in [-0.1, -0.05) is 78.9 Å². The van der Waals surface area contributed by atoms with Crippen molar-refractivity contribution >= 4 is 27.5 Å². The molecule has 0 aliphatic carbocycles. The Kier molecular flexibility index (Phi) is 6.91. The Balaban J connectivity index is 1.33. The molecule has 0 bridgehead atoms. The highest BCUT2D eigenvalue weighted by molar-refractivity contribution is 9.10. The quantitative estimate of drug-likeness (QED) is 0.349. The SMILES string of the molecule is Cn1[nH]c(=O)c(Br)c1C(c1ccccc1)N1CCC2(CC1)C(=O)N(Cc1ccccc1)CN2c1ccccc1. The van der Waals surface area contributed by atoms with Crippen molar-refractivity contribution < 1.29 is 4.79 Å². The van der Waals surface area contributed by atoms with Crippen LogP contribution in [0.15, 0.2) is 100 Å². The van der Waals surface area contributed by atoms with E-state index in [0.29, 0.717) is 30.5 Å². The van der Waals surface area contributed by atoms with Crippen molar-refractivity contribution in [3.8, 4) is 0 Å². The van der Waals surface area contributed by atoms with Crippen molar-refractivity contribution in [2.45, 2.75) is 31.0 Å². The number of aryl methyl sites for hydroxylation is 1. The lowest BCUT2D eigenvalue weighted by Crippen LogP contribution is -2.57. The largest absolute Gasteiger partial charge is 0.339 e. The molecule has 0 radical (unpaired) electrons. The van der Waals surface area contributed by atoms with Gasteiger partial charge in [0.2, 0.25) is 5.91 Å². The van der Waals surface area contributed by atoms with E-state index < -0.39 is 5.54 Å². The zero-order valence-electron chi connectivity index (χ0n) is 22.0. The third-order valence-corrected chi connectivity index (χ3v) is 8.98. The van der Waals surface area contributed by atoms with E-state index in [1.54, 1.807) is 0 Å². The Hall–Kier alpha value is -3.62. The van der Waals surface area contributed by atoms with Crippen LogP contribution < -0.4 is 10.5 Å². The molecule has 2 saturated heterocycles. The number of halogens is 1. The van der Waals surface area contributed by atoms with Crippen molar-refractivity contribution in [3.63, 3.8) is 0 Å². The molecule has 8 heteroatoms. The van der Waals surface area contributed by atoms with E-state index in [1.807, 2.05) is 71.2 Å². The third-order valence-electron chi connectivity index (χ3n) is 8.22. The molecule has 2 aliphatic heterocycles. The zero-order chi connectivity index (χ0) is 27.0. The fourth-order valence-electron chi connectivity index (χ4n) is 6.28. The van der Waals surface area contributed by atoms with Crippen molar-refractivity contribution in [3.05, 3.63) is 123 Å². The average molecular weight is 587 g/mol. The number of piperidine rings is 1. The molecule has 2 fully saturated rings. The minimum Gasteiger partial charge on any atom is -0.339 e. The predicted octanol–water partition coefficient (Wildman–Crippen LogP) is 4.91. The first-order chi connectivity index (χ1) is 19.0. The molecule has 39 heavy (non-hydrogen) atoms. The molecule has 1 atom stereocenters. The van der Waals surface area contributed by atoms with Gasteiger partial charge in [-0.3, -0.25) is 24.3 Å². The van der Waals surface area contributed by atoms with Crippen LogP contribution in [0.2, 0.25) is 0 Å². The summed E-state index contributed by atoms with van der Waals surface area (Å²) in [5, 5.41) is 2.90. The number of para-hydroxylation sites is 1. The van der Waals surface area contributed by atoms with E-state index in [4.69, 9.17) is 0 Å². The molecule has 1 aromatic heterocycles. The van der Waals surface area contributed by atoms with E-state index in [1.165, 1.54) is 0 Å². The van der Waals surface area contributed by atoms with Gasteiger partial charge in [0.25, 0.3) is 5.56 Å². The lowest BCUT2D eigenvalue weighted by Gasteiger charge is -2.45. The van der Waals surface area contributed by atoms with E-state index in [9.17, 15) is 9.59 Å². The highest BCUT2D eigenvalue weighted by atomic mass is 79.9. The van der Waals surface area contributed by atoms with Crippen molar-refractivity contribution in [2.75, 3.05) is 24.7 Å². The lowest BCUT2D eigenvalue weighted by atomic mass is 9.84. The fourth-order valence-corrected chi connectivity index (χ4v) is 6.86. The summed E-state index contributed by atoms with van der Waals surface area (Å²) in [5.41, 5.74) is 3.48. The number of anilines is 1. The van der Waals surface area contributed by atoms with Crippen molar-refractivity contribution in [1.82, 2.24) is 19.6 Å². The van der Waals surface area contributed by atoms with E-state index >= 15 is 0 Å². The van der Waals surface area contributed by atoms with E-state index in [0.717, 1.165) is 35.6 Å². The molecule has 1 amide bonds. The van der Waals surface area contributed by atoms with E-state index in [-0.39, 0.29) is 17.5 Å². The van der Waals surface area contributed by atoms with Gasteiger partial charge >= 0.3 is 0 Å². The van der Waals surface area contributed by atoms with E-state index in [2.05, 4.69) is 67.2 Å². The summed E-state index contributed by atoms with van der Waals surface area (Å²) < 4.78 is 2.36. The maximum atomic E-state index is 14.2. The number of nitrogens with one attached hydrogen (secondary N) is 1. The second kappa shape index (κ2) is 10.5. The molecule has 1 N–H and O–H groups in total. The van der Waals surface area contributed by atoms with Gasteiger partial charge in [0.1, 0.15) is 10.0 Å². The molecule has 1 spiro atoms. The maximum absolute atomic E-state index is 14.2. The highest BCUT2D eigenvalue weighted by Crippen LogP contribution is 2.43. The Morgan fingerprint density at radius 2 is 1.46 bits per heavy atom. The van der Waals surface area contributed by atoms with Gasteiger partial charge in [0, 0.05) is 32.4 Å². The van der Waals surface area contributed by atoms with Gasteiger partial charge in [-0.05, 0) is 52.0 Å². The van der Waals surface area contributed by atoms with Crippen LogP contribution in [0.25, 0.3) is 0 Å². The van der Waals surface area contributed by atoms with Crippen LogP contribution in [0.3, 0.4) is 0 Å². The Morgan fingerprint density at radius 1 is 0.872 bits per heavy atom. The number of H-pyrrole nitrogens is 1. The number of nitrogens with zero attached hydrogens (tertiary/aromatic N) is 4. The first kappa shape index (κ1) is 25.6. The summed E-state index contributed by atoms with van der Waals surface area (Å²) in [7, 11) is 1.88. The molecule has 2 aliphatic rings. The zero-order valence-corrected chi connectivity index (χ0v) is 23.5. The van der Waals surface area contributed by atoms with Crippen LogP contribution in [0.4, 0.5) is 5.69 Å². The fraction of sp³-hybridized carbons (Fsp3) is 0.290. The van der Waals surface area contributed by atoms with Crippen molar-refractivity contribution in [1.29, 1.82) is 0 Å². The van der Waals surface area contributed by atoms with Crippen LogP contribution in [-0.4, -0.2) is 50.8 Å². The number of aromatic amines is 1. The van der Waals surface area contributed by atoms with Crippen LogP contribution in [0.5, 0.6) is 0 Å². The summed E-state index contributed by atoms with van der Waals surface area (Å²) in [4.78, 5) is 33.4. The molecule has 3 aromatic carbocycles. The maximum Gasteiger partial charge on any atom is 0.278 e. The normalized spacial score (nSPS) is 18.2. The van der Waals surface area contributed by atoms with Gasteiger partial charge in [0.15, 0.2) is 0 Å². The Labute approximate surface area is 236 Å². The molecule has 4 aromatic rings. The standard InChI is InChI=1S/C31H32BrN5O2/c1-34-28(26(32)29(38)33-34)27(24-13-7-3-8-14-24)35-19-17-31(18-20-35)30(39)36(21-23-11-5-2-6-12-23)22-37(31)25-15-9-4-10-16-25/h2-16,27H,17-22H2,1H3,(H,33,38). The first-order valence-corrected chi connectivity index (χ1v) is 14.2. The molecular weight excluding hydrogens is 554 g/mol. The summed E-state index contributed by atoms with van der Waals surface area (Å²) in [6.07, 6.45) is 1.40. The minimum atomic E-state index is -0.602. The topological polar surface area (TPSA) is 64.6 Å². The van der Waals surface area contributed by atoms with Gasteiger partial charge in [-0.2, -0.15) is 0 Å². The molecule has 6 rings (SSSR count). The van der Waals surface area contributed by atoms with Crippen molar-refractivity contribution in [2.24, 2.45) is 7.05 Å². The summed E-state index contributed by atoms with van der Waals surface area (Å²) in [6, 6.07) is 30.7. The number of likely N-dealkylation sites (tertiary alicyclic amines) is 1. The highest BCUT2D eigenvalue weighted by Gasteiger charge is 2.54. The average Bonchev–Trinajstić information content (AvgIpc) is 3.38. The first-order valence-electron chi connectivity index (χ1n) is 13.4. The molecular formula is C31H32BrN5O2. The number of hydrogen-bond acceptors (Lipinski definition) is 4. The van der Waals surface area contributed by atoms with Crippen LogP contribution >= 0.6 is 15.9 Å². The van der Waals surface area contributed by atoms with Crippen LogP contribution in [0.1, 0.15) is 35.7 Å². The number of hydrogen-bond donors (Lipinski definition) is 1. The molecule has 3 heterocycles. The second-order valence-corrected chi connectivity index (χ2v) is 11.3. The van der Waals surface area contributed by atoms with Gasteiger partial charge in [0.05, 0.1) is 18.4 Å². The minimum absolute atomic E-state index is 0.121. The second-order valence-electron chi connectivity index (χ2n) is 10.5. The van der Waals surface area contributed by atoms with Crippen LogP contribution in [0, 0.1) is 0 Å². The third kappa shape index (κ3) is 4.61. The number of benzene rings is 3. The molecule has 200 valence electrons. The monoisotopic (exact) mass is 585 g/mol. The molecule has 0 saturated carbocycles. The summed E-state index contributed by atoms with van der Waals surface area (Å²) in [6.45, 7) is 2.61. The predicted molar refractivity (Wildman–Crippen MR) is 156 cm³/mol. The summed E-state index contributed by atoms with van der Waals surface area (Å²) >= 11 is 3.55. The lowest BCUT2D eigenvalue weighted by molar-refractivity contribution is -0.134. The number of rotatable bonds is 6. The molecule has 7 nitrogen and oxygen atoms in total. The smallest absolute Gasteiger partial charge is 0.278 e. The van der Waals surface area contributed by atoms with Gasteiger partial charge < -0.3 is 9.80 Å². The molecule has 1 unspecified atom stereocenters. The Morgan fingerprint density at radius 3 is 2.05 bits per heavy atom. The van der Waals surface area contributed by atoms with Gasteiger partial charge in [-0.15, -0.1) is 0 Å².